The summed E-state index contributed by atoms with van der Waals surface area (Å²) in [6.07, 6.45) is -8.32. The predicted molar refractivity (Wildman–Crippen MR) is 140 cm³/mol. The second-order valence-corrected chi connectivity index (χ2v) is 11.3. The van der Waals surface area contributed by atoms with Gasteiger partial charge in [-0.05, 0) is 47.5 Å². The fourth-order valence-electron chi connectivity index (χ4n) is 4.00. The zero-order valence-electron chi connectivity index (χ0n) is 20.5. The van der Waals surface area contributed by atoms with Crippen LogP contribution in [0.2, 0.25) is 5.02 Å². The van der Waals surface area contributed by atoms with Gasteiger partial charge >= 0.3 is 5.97 Å². The lowest BCUT2D eigenvalue weighted by Crippen LogP contribution is -2.59. The molecule has 0 bridgehead atoms. The summed E-state index contributed by atoms with van der Waals surface area (Å²) < 4.78 is 41.1. The van der Waals surface area contributed by atoms with E-state index in [1.165, 1.54) is 24.3 Å². The van der Waals surface area contributed by atoms with E-state index in [1.807, 2.05) is 48.5 Å². The van der Waals surface area contributed by atoms with Crippen molar-refractivity contribution in [2.75, 3.05) is 12.4 Å². The number of benzene rings is 3. The van der Waals surface area contributed by atoms with Gasteiger partial charge in [0.05, 0.1) is 11.5 Å². The molecule has 12 heteroatoms. The van der Waals surface area contributed by atoms with E-state index in [0.717, 1.165) is 16.7 Å². The Morgan fingerprint density at radius 1 is 0.923 bits per heavy atom. The van der Waals surface area contributed by atoms with Crippen LogP contribution in [-0.2, 0) is 30.7 Å². The summed E-state index contributed by atoms with van der Waals surface area (Å²) in [5.74, 6) is -1.92. The zero-order chi connectivity index (χ0) is 28.2. The van der Waals surface area contributed by atoms with Gasteiger partial charge in [-0.25, -0.2) is 8.42 Å². The van der Waals surface area contributed by atoms with Crippen molar-refractivity contribution in [1.82, 2.24) is 0 Å². The van der Waals surface area contributed by atoms with Gasteiger partial charge in [-0.3, -0.25) is 4.79 Å². The highest BCUT2D eigenvalue weighted by Crippen LogP contribution is 2.28. The Morgan fingerprint density at radius 3 is 2.33 bits per heavy atom. The first kappa shape index (κ1) is 29.0. The van der Waals surface area contributed by atoms with E-state index in [9.17, 15) is 33.6 Å². The Morgan fingerprint density at radius 2 is 1.64 bits per heavy atom. The normalized spacial score (nSPS) is 23.3. The third-order valence-corrected chi connectivity index (χ3v) is 8.04. The second kappa shape index (κ2) is 12.4. The van der Waals surface area contributed by atoms with Gasteiger partial charge in [0.15, 0.2) is 15.6 Å². The van der Waals surface area contributed by atoms with Crippen LogP contribution in [0.1, 0.15) is 5.56 Å². The number of hydrogen-bond acceptors (Lipinski definition) is 10. The van der Waals surface area contributed by atoms with Gasteiger partial charge < -0.3 is 34.6 Å². The van der Waals surface area contributed by atoms with Crippen LogP contribution in [-0.4, -0.2) is 77.9 Å². The molecule has 0 radical (unpaired) electrons. The predicted octanol–water partition coefficient (Wildman–Crippen LogP) is 1.70. The molecule has 0 unspecified atom stereocenters. The van der Waals surface area contributed by atoms with Crippen LogP contribution in [0.25, 0.3) is 11.1 Å². The summed E-state index contributed by atoms with van der Waals surface area (Å²) >= 11 is 6.29. The van der Waals surface area contributed by atoms with E-state index in [2.05, 4.69) is 0 Å². The zero-order valence-corrected chi connectivity index (χ0v) is 22.0. The van der Waals surface area contributed by atoms with Gasteiger partial charge in [0.25, 0.3) is 0 Å². The molecule has 0 aromatic heterocycles. The Balaban J connectivity index is 1.35. The maximum Gasteiger partial charge on any atom is 0.323 e. The fraction of sp³-hybridized carbons (Fsp3) is 0.296. The molecule has 1 saturated heterocycles. The van der Waals surface area contributed by atoms with Crippen LogP contribution in [0.3, 0.4) is 0 Å². The summed E-state index contributed by atoms with van der Waals surface area (Å²) in [7, 11) is -4.14. The molecule has 4 rings (SSSR count). The number of carbonyl (C=O) groups is 1. The Bertz CT molecular complexity index is 1390. The number of aliphatic hydroxyl groups is 4. The molecule has 39 heavy (non-hydrogen) atoms. The molecule has 208 valence electrons. The summed E-state index contributed by atoms with van der Waals surface area (Å²) in [4.78, 5) is 12.1. The van der Waals surface area contributed by atoms with Crippen molar-refractivity contribution in [1.29, 1.82) is 0 Å². The number of aliphatic hydroxyl groups excluding tert-OH is 4. The molecule has 0 aliphatic carbocycles. The number of esters is 1. The first-order valence-corrected chi connectivity index (χ1v) is 13.9. The number of ether oxygens (including phenoxy) is 3. The molecule has 3 aromatic rings. The highest BCUT2D eigenvalue weighted by molar-refractivity contribution is 7.92. The molecule has 0 amide bonds. The fourth-order valence-corrected chi connectivity index (χ4v) is 5.34. The lowest BCUT2D eigenvalue weighted by atomic mass is 9.99. The molecule has 0 spiro atoms. The molecule has 4 N–H and O–H groups in total. The van der Waals surface area contributed by atoms with Gasteiger partial charge in [-0.2, -0.15) is 0 Å². The highest BCUT2D eigenvalue weighted by Gasteiger charge is 2.45. The lowest BCUT2D eigenvalue weighted by molar-refractivity contribution is -0.291. The Labute approximate surface area is 229 Å². The average Bonchev–Trinajstić information content (AvgIpc) is 2.92. The third kappa shape index (κ3) is 6.95. The van der Waals surface area contributed by atoms with E-state index in [4.69, 9.17) is 25.8 Å². The van der Waals surface area contributed by atoms with Gasteiger partial charge in [0.2, 0.25) is 6.29 Å². The average molecular weight is 579 g/mol. The molecule has 1 fully saturated rings. The van der Waals surface area contributed by atoms with Crippen molar-refractivity contribution in [3.05, 3.63) is 83.4 Å². The van der Waals surface area contributed by atoms with Crippen molar-refractivity contribution < 1.29 is 47.8 Å². The van der Waals surface area contributed by atoms with Crippen LogP contribution in [0.4, 0.5) is 0 Å². The first-order valence-electron chi connectivity index (χ1n) is 11.9. The highest BCUT2D eigenvalue weighted by atomic mass is 35.5. The largest absolute Gasteiger partial charge is 0.489 e. The van der Waals surface area contributed by atoms with Crippen LogP contribution in [0, 0.1) is 0 Å². The first-order chi connectivity index (χ1) is 18.6. The molecule has 1 heterocycles. The maximum atomic E-state index is 12.7. The van der Waals surface area contributed by atoms with Crippen molar-refractivity contribution in [2.45, 2.75) is 42.2 Å². The smallest absolute Gasteiger partial charge is 0.323 e. The summed E-state index contributed by atoms with van der Waals surface area (Å²) in [6, 6.07) is 20.6. The van der Waals surface area contributed by atoms with Crippen LogP contribution >= 0.6 is 11.6 Å². The Kier molecular flexibility index (Phi) is 9.23. The number of sulfone groups is 1. The minimum atomic E-state index is -4.14. The number of halogens is 1. The van der Waals surface area contributed by atoms with E-state index in [-0.39, 0.29) is 11.5 Å². The summed E-state index contributed by atoms with van der Waals surface area (Å²) in [5, 5.41) is 39.4. The molecule has 1 aliphatic rings. The van der Waals surface area contributed by atoms with Gasteiger partial charge in [-0.1, -0.05) is 48.0 Å². The molecule has 1 aliphatic heterocycles. The SMILES string of the molecule is O=C(CS(=O)(=O)c1ccc(OCc2cccc(-c3ccccc3Cl)c2)cc1)O[C@@H]1O[C@H](CO)[C@@H](O)[C@H](O)[C@H]1O. The number of carbonyl (C=O) groups excluding carboxylic acids is 1. The van der Waals surface area contributed by atoms with Gasteiger partial charge in [0.1, 0.15) is 36.8 Å². The third-order valence-electron chi connectivity index (χ3n) is 6.10. The summed E-state index contributed by atoms with van der Waals surface area (Å²) in [5.41, 5.74) is 2.69. The maximum absolute atomic E-state index is 12.7. The van der Waals surface area contributed by atoms with E-state index >= 15 is 0 Å². The van der Waals surface area contributed by atoms with Crippen LogP contribution < -0.4 is 4.74 Å². The van der Waals surface area contributed by atoms with E-state index in [1.54, 1.807) is 0 Å². The van der Waals surface area contributed by atoms with Crippen molar-refractivity contribution in [3.8, 4) is 16.9 Å². The Hall–Kier alpha value is -3.03. The molecule has 5 atom stereocenters. The molecular weight excluding hydrogens is 552 g/mol. The molecule has 10 nitrogen and oxygen atoms in total. The minimum Gasteiger partial charge on any atom is -0.489 e. The van der Waals surface area contributed by atoms with Crippen molar-refractivity contribution >= 4 is 27.4 Å². The monoisotopic (exact) mass is 578 g/mol. The number of rotatable bonds is 9. The van der Waals surface area contributed by atoms with Crippen molar-refractivity contribution in [2.24, 2.45) is 0 Å². The van der Waals surface area contributed by atoms with Crippen molar-refractivity contribution in [3.63, 3.8) is 0 Å². The van der Waals surface area contributed by atoms with Crippen LogP contribution in [0.15, 0.2) is 77.7 Å². The molecule has 3 aromatic carbocycles. The molecular formula is C27H27ClO10S. The van der Waals surface area contributed by atoms with Gasteiger partial charge in [-0.15, -0.1) is 0 Å². The van der Waals surface area contributed by atoms with E-state index < -0.39 is 58.9 Å². The second-order valence-electron chi connectivity index (χ2n) is 8.89. The van der Waals surface area contributed by atoms with Crippen LogP contribution in [0.5, 0.6) is 5.75 Å². The molecule has 0 saturated carbocycles. The number of hydrogen-bond donors (Lipinski definition) is 4. The van der Waals surface area contributed by atoms with Gasteiger partial charge in [0, 0.05) is 10.6 Å². The topological polar surface area (TPSA) is 160 Å². The van der Waals surface area contributed by atoms with E-state index in [0.29, 0.717) is 10.8 Å². The lowest BCUT2D eigenvalue weighted by Gasteiger charge is -2.39. The quantitative estimate of drug-likeness (QED) is 0.275. The summed E-state index contributed by atoms with van der Waals surface area (Å²) in [6.45, 7) is -0.506. The standard InChI is InChI=1S/C27H27ClO10S/c28-21-7-2-1-6-20(21)17-5-3-4-16(12-17)14-36-18-8-10-19(11-9-18)39(34,35)15-23(30)38-27-26(33)25(32)24(31)22(13-29)37-27/h1-12,22,24-27,29,31-33H,13-15H2/t22-,24-,25+,26-,27+/m1/s1. The minimum absolute atomic E-state index is 0.165.